The number of halogens is 1. The Morgan fingerprint density at radius 2 is 1.95 bits per heavy atom. The molecule has 5 nitrogen and oxygen atoms in total. The number of aryl methyl sites for hydroxylation is 2. The van der Waals surface area contributed by atoms with Gasteiger partial charge >= 0.3 is 0 Å². The summed E-state index contributed by atoms with van der Waals surface area (Å²) < 4.78 is 30.6. The molecule has 20 heavy (non-hydrogen) atoms. The van der Waals surface area contributed by atoms with Gasteiger partial charge in [-0.15, -0.1) is 0 Å². The van der Waals surface area contributed by atoms with Gasteiger partial charge in [0.1, 0.15) is 17.4 Å². The molecule has 0 radical (unpaired) electrons. The molecule has 0 amide bonds. The third kappa shape index (κ3) is 5.16. The number of benzene rings is 1. The van der Waals surface area contributed by atoms with Crippen molar-refractivity contribution in [2.45, 2.75) is 19.4 Å². The minimum Gasteiger partial charge on any atom is -0.263 e. The number of aromatic nitrogens is 2. The van der Waals surface area contributed by atoms with Gasteiger partial charge in [0, 0.05) is 11.4 Å². The number of rotatable bonds is 6. The van der Waals surface area contributed by atoms with Crippen LogP contribution in [0.5, 0.6) is 0 Å². The van der Waals surface area contributed by atoms with Gasteiger partial charge in [0.25, 0.3) is 10.1 Å². The average molecular weight is 333 g/mol. The van der Waals surface area contributed by atoms with Crippen molar-refractivity contribution in [2.24, 2.45) is 0 Å². The maximum absolute atomic E-state index is 10.9. The largest absolute Gasteiger partial charge is 0.264 e. The lowest BCUT2D eigenvalue weighted by atomic mass is 10.1. The topological polar surface area (TPSA) is 69.2 Å². The van der Waals surface area contributed by atoms with E-state index in [1.54, 1.807) is 0 Å². The molecule has 108 valence electrons. The Hall–Kier alpha value is -1.02. The molecule has 8 heteroatoms. The molecule has 0 saturated heterocycles. The third-order valence-electron chi connectivity index (χ3n) is 2.46. The van der Waals surface area contributed by atoms with Crippen LogP contribution in [-0.2, 0) is 33.7 Å². The van der Waals surface area contributed by atoms with Crippen LogP contribution in [0.4, 0.5) is 0 Å². The van der Waals surface area contributed by atoms with Crippen LogP contribution in [-0.4, -0.2) is 24.0 Å². The van der Waals surface area contributed by atoms with Gasteiger partial charge in [-0.1, -0.05) is 23.7 Å². The Kier molecular flexibility index (Phi) is 5.09. The van der Waals surface area contributed by atoms with Crippen LogP contribution in [0.25, 0.3) is 0 Å². The SMILES string of the molecule is CS(=O)(=O)OCc1nc(CCc2ccc(Cl)cc2)ns1. The fourth-order valence-corrected chi connectivity index (χ4v) is 2.64. The number of hydrogen-bond donors (Lipinski definition) is 0. The van der Waals surface area contributed by atoms with E-state index < -0.39 is 10.1 Å². The maximum Gasteiger partial charge on any atom is 0.264 e. The summed E-state index contributed by atoms with van der Waals surface area (Å²) in [5.41, 5.74) is 1.15. The van der Waals surface area contributed by atoms with Crippen molar-refractivity contribution < 1.29 is 12.6 Å². The van der Waals surface area contributed by atoms with Gasteiger partial charge in [0.2, 0.25) is 0 Å². The second kappa shape index (κ2) is 6.62. The fraction of sp³-hybridized carbons (Fsp3) is 0.333. The molecule has 2 rings (SSSR count). The first-order valence-electron chi connectivity index (χ1n) is 5.83. The predicted molar refractivity (Wildman–Crippen MR) is 78.4 cm³/mol. The highest BCUT2D eigenvalue weighted by molar-refractivity contribution is 7.85. The molecule has 2 aromatic rings. The Morgan fingerprint density at radius 3 is 2.60 bits per heavy atom. The average Bonchev–Trinajstić information content (AvgIpc) is 2.83. The summed E-state index contributed by atoms with van der Waals surface area (Å²) >= 11 is 6.97. The molecule has 0 N–H and O–H groups in total. The molecule has 0 aliphatic rings. The Morgan fingerprint density at radius 1 is 1.25 bits per heavy atom. The van der Waals surface area contributed by atoms with E-state index in [4.69, 9.17) is 11.6 Å². The van der Waals surface area contributed by atoms with E-state index in [0.717, 1.165) is 29.8 Å². The second-order valence-corrected chi connectivity index (χ2v) is 7.11. The van der Waals surface area contributed by atoms with E-state index in [1.807, 2.05) is 24.3 Å². The van der Waals surface area contributed by atoms with E-state index >= 15 is 0 Å². The maximum atomic E-state index is 10.9. The molecule has 1 heterocycles. The van der Waals surface area contributed by atoms with Crippen molar-refractivity contribution >= 4 is 33.3 Å². The van der Waals surface area contributed by atoms with Crippen LogP contribution >= 0.6 is 23.1 Å². The van der Waals surface area contributed by atoms with Gasteiger partial charge in [0.15, 0.2) is 0 Å². The van der Waals surface area contributed by atoms with E-state index in [-0.39, 0.29) is 6.61 Å². The summed E-state index contributed by atoms with van der Waals surface area (Å²) in [6.45, 7) is -0.0581. The Bertz CT molecular complexity index is 668. The molecule has 0 fully saturated rings. The molecule has 1 aromatic heterocycles. The zero-order valence-electron chi connectivity index (χ0n) is 10.7. The summed E-state index contributed by atoms with van der Waals surface area (Å²) in [6.07, 6.45) is 2.51. The van der Waals surface area contributed by atoms with Crippen molar-refractivity contribution in [2.75, 3.05) is 6.26 Å². The van der Waals surface area contributed by atoms with Crippen LogP contribution < -0.4 is 0 Å². The van der Waals surface area contributed by atoms with Gasteiger partial charge < -0.3 is 0 Å². The van der Waals surface area contributed by atoms with E-state index in [9.17, 15) is 8.42 Å². The van der Waals surface area contributed by atoms with Gasteiger partial charge in [0.05, 0.1) is 6.26 Å². The van der Waals surface area contributed by atoms with Crippen molar-refractivity contribution in [1.82, 2.24) is 9.36 Å². The van der Waals surface area contributed by atoms with Crippen LogP contribution in [0.15, 0.2) is 24.3 Å². The molecular weight excluding hydrogens is 320 g/mol. The summed E-state index contributed by atoms with van der Waals surface area (Å²) in [7, 11) is -3.45. The van der Waals surface area contributed by atoms with Gasteiger partial charge in [-0.3, -0.25) is 4.18 Å². The lowest BCUT2D eigenvalue weighted by Gasteiger charge is -1.98. The lowest BCUT2D eigenvalue weighted by Crippen LogP contribution is -2.02. The molecule has 0 saturated carbocycles. The minimum absolute atomic E-state index is 0.0581. The van der Waals surface area contributed by atoms with Crippen molar-refractivity contribution in [1.29, 1.82) is 0 Å². The highest BCUT2D eigenvalue weighted by atomic mass is 35.5. The highest BCUT2D eigenvalue weighted by Crippen LogP contribution is 2.13. The first kappa shape index (κ1) is 15.4. The molecule has 0 atom stereocenters. The molecule has 0 unspecified atom stereocenters. The third-order valence-corrected chi connectivity index (χ3v) is 3.98. The first-order chi connectivity index (χ1) is 9.42. The Balaban J connectivity index is 1.88. The zero-order valence-corrected chi connectivity index (χ0v) is 13.1. The monoisotopic (exact) mass is 332 g/mol. The van der Waals surface area contributed by atoms with Gasteiger partial charge in [-0.05, 0) is 35.6 Å². The van der Waals surface area contributed by atoms with Crippen LogP contribution in [0, 0.1) is 0 Å². The van der Waals surface area contributed by atoms with Crippen LogP contribution in [0.3, 0.4) is 0 Å². The fourth-order valence-electron chi connectivity index (χ4n) is 1.51. The van der Waals surface area contributed by atoms with Gasteiger partial charge in [-0.2, -0.15) is 12.8 Å². The van der Waals surface area contributed by atoms with Crippen molar-refractivity contribution in [3.8, 4) is 0 Å². The smallest absolute Gasteiger partial charge is 0.263 e. The molecule has 0 spiro atoms. The van der Waals surface area contributed by atoms with E-state index in [1.165, 1.54) is 0 Å². The van der Waals surface area contributed by atoms with Crippen molar-refractivity contribution in [3.63, 3.8) is 0 Å². The zero-order chi connectivity index (χ0) is 14.6. The quantitative estimate of drug-likeness (QED) is 0.760. The molecule has 0 aliphatic heterocycles. The second-order valence-electron chi connectivity index (χ2n) is 4.20. The predicted octanol–water partition coefficient (Wildman–Crippen LogP) is 2.45. The highest BCUT2D eigenvalue weighted by Gasteiger charge is 2.08. The Labute approximate surface area is 126 Å². The summed E-state index contributed by atoms with van der Waals surface area (Å²) in [5.74, 6) is 0.692. The summed E-state index contributed by atoms with van der Waals surface area (Å²) in [4.78, 5) is 4.24. The number of hydrogen-bond acceptors (Lipinski definition) is 6. The molecule has 0 bridgehead atoms. The number of nitrogens with zero attached hydrogens (tertiary/aromatic N) is 2. The lowest BCUT2D eigenvalue weighted by molar-refractivity contribution is 0.311. The summed E-state index contributed by atoms with van der Waals surface area (Å²) in [6, 6.07) is 7.61. The van der Waals surface area contributed by atoms with Crippen LogP contribution in [0.2, 0.25) is 5.02 Å². The van der Waals surface area contributed by atoms with E-state index in [0.29, 0.717) is 22.3 Å². The molecular formula is C12H13ClN2O3S2. The molecule has 1 aromatic carbocycles. The van der Waals surface area contributed by atoms with E-state index in [2.05, 4.69) is 13.5 Å². The minimum atomic E-state index is -3.45. The standard InChI is InChI=1S/C12H13ClN2O3S2/c1-20(16,17)18-8-12-14-11(15-19-12)7-4-9-2-5-10(13)6-3-9/h2-3,5-6H,4,7-8H2,1H3. The molecule has 0 aliphatic carbocycles. The van der Waals surface area contributed by atoms with Crippen molar-refractivity contribution in [3.05, 3.63) is 45.7 Å². The van der Waals surface area contributed by atoms with Crippen LogP contribution in [0.1, 0.15) is 16.4 Å². The normalized spacial score (nSPS) is 11.7. The first-order valence-corrected chi connectivity index (χ1v) is 8.79. The summed E-state index contributed by atoms with van der Waals surface area (Å²) in [5, 5.41) is 1.27. The van der Waals surface area contributed by atoms with Gasteiger partial charge in [-0.25, -0.2) is 4.98 Å².